The molecule has 8 bridgehead atoms. The van der Waals surface area contributed by atoms with E-state index in [4.69, 9.17) is 25.0 Å². The Balaban J connectivity index is 0.000000706. The number of nitrogens with zero attached hydrogens (tertiary/aromatic N) is 4. The standard InChI is InChI=1S/C36H44N4.C5H8O2.Ho/c1-9-21-22(10-2)30-18-32-25(13-5)26(14-6)34(39-32)20-36-28(16-8)27(15-7)35(40-36)19-33-24(12-4)23(11-3)31(38-33)17-29(21)37-30;1-4(6)3-5(2)7;/h17-20H,9-16H2,1-8H3;3,6H,1-2H3;/q-2;;/b;4-3-;. The Bertz CT molecular complexity index is 1680. The number of aliphatic hydroxyl groups excluding tert-OH is 1. The molecule has 261 valence electrons. The number of carbonyl (C=O) groups is 1. The number of hydrogen-bond donors (Lipinski definition) is 1. The number of allylic oxidation sites excluding steroid dienone is 6. The molecule has 1 radical (unpaired) electrons. The molecule has 6 nitrogen and oxygen atoms in total. The van der Waals surface area contributed by atoms with Crippen LogP contribution in [0.2, 0.25) is 0 Å². The van der Waals surface area contributed by atoms with E-state index in [-0.39, 0.29) is 49.3 Å². The second-order valence-electron chi connectivity index (χ2n) is 12.2. The van der Waals surface area contributed by atoms with Crippen molar-refractivity contribution in [2.24, 2.45) is 0 Å². The van der Waals surface area contributed by atoms with Gasteiger partial charge in [0.2, 0.25) is 0 Å². The molecular formula is C41H52HoN4O2-2. The van der Waals surface area contributed by atoms with Crippen molar-refractivity contribution < 1.29 is 47.6 Å². The Hall–Kier alpha value is -2.93. The van der Waals surface area contributed by atoms with E-state index in [1.807, 2.05) is 0 Å². The van der Waals surface area contributed by atoms with Crippen LogP contribution in [0.5, 0.6) is 0 Å². The molecule has 5 heterocycles. The van der Waals surface area contributed by atoms with E-state index in [2.05, 4.69) is 79.7 Å². The van der Waals surface area contributed by atoms with E-state index in [0.717, 1.165) is 96.2 Å². The van der Waals surface area contributed by atoms with Gasteiger partial charge in [-0.1, -0.05) is 102 Å². The molecule has 5 rings (SSSR count). The molecule has 2 aliphatic heterocycles. The molecule has 0 amide bonds. The average Bonchev–Trinajstić information content (AvgIpc) is 3.75. The van der Waals surface area contributed by atoms with Crippen LogP contribution >= 0.6 is 0 Å². The number of ketones is 1. The molecule has 0 aliphatic carbocycles. The average molecular weight is 798 g/mol. The molecule has 3 aromatic heterocycles. The van der Waals surface area contributed by atoms with Crippen molar-refractivity contribution in [3.05, 3.63) is 81.1 Å². The van der Waals surface area contributed by atoms with Crippen LogP contribution in [0.15, 0.2) is 36.1 Å². The van der Waals surface area contributed by atoms with Gasteiger partial charge in [-0.05, 0) is 87.5 Å². The van der Waals surface area contributed by atoms with E-state index in [9.17, 15) is 4.79 Å². The van der Waals surface area contributed by atoms with Gasteiger partial charge in [-0.3, -0.25) is 4.79 Å². The minimum atomic E-state index is -0.125. The van der Waals surface area contributed by atoms with Gasteiger partial charge in [-0.2, -0.15) is 0 Å². The quantitative estimate of drug-likeness (QED) is 0.132. The summed E-state index contributed by atoms with van der Waals surface area (Å²) in [7, 11) is 0. The van der Waals surface area contributed by atoms with Gasteiger partial charge in [0.25, 0.3) is 0 Å². The molecule has 0 aromatic carbocycles. The summed E-state index contributed by atoms with van der Waals surface area (Å²) in [4.78, 5) is 31.0. The molecule has 2 aliphatic rings. The summed E-state index contributed by atoms with van der Waals surface area (Å²) in [5, 5.41) is 8.36. The van der Waals surface area contributed by atoms with Crippen molar-refractivity contribution >= 4 is 50.1 Å². The number of aromatic nitrogens is 4. The Morgan fingerprint density at radius 1 is 0.542 bits per heavy atom. The monoisotopic (exact) mass is 797 g/mol. The summed E-state index contributed by atoms with van der Waals surface area (Å²) in [6, 6.07) is 8.98. The summed E-state index contributed by atoms with van der Waals surface area (Å²) in [6.45, 7) is 20.8. The topological polar surface area (TPSA) is 91.3 Å². The van der Waals surface area contributed by atoms with Crippen LogP contribution in [0.1, 0.15) is 140 Å². The van der Waals surface area contributed by atoms with Crippen LogP contribution in [0, 0.1) is 37.7 Å². The van der Waals surface area contributed by atoms with E-state index in [1.54, 1.807) is 0 Å². The molecule has 7 heteroatoms. The number of fused-ring (bicyclic) bond motifs is 8. The summed E-state index contributed by atoms with van der Waals surface area (Å²) in [6.07, 6.45) is 8.77. The van der Waals surface area contributed by atoms with Crippen molar-refractivity contribution in [3.63, 3.8) is 0 Å². The zero-order valence-corrected chi connectivity index (χ0v) is 32.4. The van der Waals surface area contributed by atoms with Gasteiger partial charge < -0.3 is 15.1 Å². The van der Waals surface area contributed by atoms with Crippen LogP contribution in [0.4, 0.5) is 0 Å². The van der Waals surface area contributed by atoms with Gasteiger partial charge >= 0.3 is 0 Å². The van der Waals surface area contributed by atoms with Crippen LogP contribution in [0.3, 0.4) is 0 Å². The Labute approximate surface area is 317 Å². The zero-order valence-electron chi connectivity index (χ0n) is 30.5. The first-order valence-corrected chi connectivity index (χ1v) is 17.6. The van der Waals surface area contributed by atoms with Crippen LogP contribution < -0.4 is 9.97 Å². The molecule has 0 saturated heterocycles. The predicted molar refractivity (Wildman–Crippen MR) is 198 cm³/mol. The number of rotatable bonds is 9. The first kappa shape index (κ1) is 39.5. The number of carbonyl (C=O) groups excluding carboxylic acids is 1. The largest absolute Gasteiger partial charge is 0.657 e. The summed E-state index contributed by atoms with van der Waals surface area (Å²) in [5.41, 5.74) is 19.1. The number of aliphatic hydroxyl groups is 1. The molecule has 0 spiro atoms. The van der Waals surface area contributed by atoms with E-state index < -0.39 is 0 Å². The van der Waals surface area contributed by atoms with Crippen LogP contribution in [-0.4, -0.2) is 20.9 Å². The van der Waals surface area contributed by atoms with Crippen molar-refractivity contribution in [1.82, 2.24) is 19.9 Å². The molecule has 0 fully saturated rings. The Morgan fingerprint density at radius 3 is 0.938 bits per heavy atom. The summed E-state index contributed by atoms with van der Waals surface area (Å²) < 4.78 is 0. The van der Waals surface area contributed by atoms with Crippen molar-refractivity contribution in [2.75, 3.05) is 0 Å². The summed E-state index contributed by atoms with van der Waals surface area (Å²) in [5.74, 6) is -0.0625. The fourth-order valence-electron chi connectivity index (χ4n) is 7.22. The SMILES string of the molecule is CC(=O)/C=C(/C)O.CCC1=C(CC)c2cc3[n-]c(cc4nc(cc5[n-]c(cc1n2)c(CC)c5CC)C(CC)=C4CC)c(CC)c3CC.[Ho]. The van der Waals surface area contributed by atoms with Gasteiger partial charge in [-0.25, -0.2) is 9.97 Å². The fourth-order valence-corrected chi connectivity index (χ4v) is 7.22. The second kappa shape index (κ2) is 17.6. The third kappa shape index (κ3) is 8.09. The molecule has 0 atom stereocenters. The predicted octanol–water partition coefficient (Wildman–Crippen LogP) is 10.3. The van der Waals surface area contributed by atoms with Gasteiger partial charge in [-0.15, -0.1) is 22.1 Å². The van der Waals surface area contributed by atoms with Gasteiger partial charge in [0.15, 0.2) is 5.78 Å². The van der Waals surface area contributed by atoms with Gasteiger partial charge in [0.1, 0.15) is 0 Å². The molecule has 3 aromatic rings. The zero-order chi connectivity index (χ0) is 34.4. The van der Waals surface area contributed by atoms with Crippen molar-refractivity contribution in [3.8, 4) is 0 Å². The Kier molecular flexibility index (Phi) is 14.5. The normalized spacial score (nSPS) is 13.0. The third-order valence-electron chi connectivity index (χ3n) is 9.23. The molecule has 0 saturated carbocycles. The van der Waals surface area contributed by atoms with E-state index in [1.165, 1.54) is 64.5 Å². The van der Waals surface area contributed by atoms with Gasteiger partial charge in [0.05, 0.1) is 28.5 Å². The van der Waals surface area contributed by atoms with Crippen LogP contribution in [-0.2, 0) is 30.5 Å². The minimum absolute atomic E-state index is 0. The number of hydrogen-bond acceptors (Lipinski definition) is 4. The Morgan fingerprint density at radius 2 is 0.792 bits per heavy atom. The molecule has 1 N–H and O–H groups in total. The van der Waals surface area contributed by atoms with Crippen molar-refractivity contribution in [2.45, 2.75) is 121 Å². The van der Waals surface area contributed by atoms with E-state index >= 15 is 0 Å². The fraction of sp³-hybridized carbons (Fsp3) is 0.439. The van der Waals surface area contributed by atoms with Crippen molar-refractivity contribution in [1.29, 1.82) is 0 Å². The summed E-state index contributed by atoms with van der Waals surface area (Å²) >= 11 is 0. The molecule has 0 unspecified atom stereocenters. The van der Waals surface area contributed by atoms with E-state index in [0.29, 0.717) is 0 Å². The molecule has 48 heavy (non-hydrogen) atoms. The maximum Gasteiger partial charge on any atom is 0.155 e. The molecular weight excluding hydrogens is 745 g/mol. The first-order chi connectivity index (χ1) is 22.6. The third-order valence-corrected chi connectivity index (χ3v) is 9.23. The van der Waals surface area contributed by atoms with Gasteiger partial charge in [0, 0.05) is 43.8 Å². The number of aryl methyl sites for hydroxylation is 4. The maximum absolute atomic E-state index is 10.0. The maximum atomic E-state index is 10.0. The minimum Gasteiger partial charge on any atom is -0.657 e. The second-order valence-corrected chi connectivity index (χ2v) is 12.2. The first-order valence-electron chi connectivity index (χ1n) is 17.6. The smallest absolute Gasteiger partial charge is 0.155 e. The van der Waals surface area contributed by atoms with Crippen LogP contribution in [0.25, 0.3) is 44.4 Å².